The summed E-state index contributed by atoms with van der Waals surface area (Å²) in [6.45, 7) is 6.19. The van der Waals surface area contributed by atoms with Gasteiger partial charge in [0, 0.05) is 43.8 Å². The van der Waals surface area contributed by atoms with Gasteiger partial charge < -0.3 is 24.4 Å². The van der Waals surface area contributed by atoms with Crippen LogP contribution >= 0.6 is 0 Å². The molecule has 2 aliphatic rings. The van der Waals surface area contributed by atoms with Gasteiger partial charge in [0.25, 0.3) is 17.7 Å². The van der Waals surface area contributed by atoms with Crippen molar-refractivity contribution in [1.82, 2.24) is 15.7 Å². The highest BCUT2D eigenvalue weighted by Gasteiger charge is 2.47. The molecule has 4 rings (SSSR count). The van der Waals surface area contributed by atoms with E-state index in [9.17, 15) is 14.4 Å². The van der Waals surface area contributed by atoms with Crippen molar-refractivity contribution in [2.75, 3.05) is 27.3 Å². The van der Waals surface area contributed by atoms with Gasteiger partial charge in [-0.15, -0.1) is 0 Å². The highest BCUT2D eigenvalue weighted by atomic mass is 16.8. The van der Waals surface area contributed by atoms with E-state index < -0.39 is 35.3 Å². The minimum Gasteiger partial charge on any atom is -0.357 e. The highest BCUT2D eigenvalue weighted by Crippen LogP contribution is 2.32. The lowest BCUT2D eigenvalue weighted by Crippen LogP contribution is -2.65. The van der Waals surface area contributed by atoms with Gasteiger partial charge in [0.15, 0.2) is 17.6 Å². The number of amides is 3. The number of carbonyl (C=O) groups is 3. The summed E-state index contributed by atoms with van der Waals surface area (Å²) in [5, 5.41) is 2.46. The topological polar surface area (TPSA) is 115 Å². The molecular formula is C31H37N3O7. The number of rotatable bonds is 7. The van der Waals surface area contributed by atoms with Crippen molar-refractivity contribution < 1.29 is 33.4 Å². The molecule has 2 aromatic carbocycles. The molecule has 2 saturated heterocycles. The third-order valence-electron chi connectivity index (χ3n) is 7.28. The molecular weight excluding hydrogens is 526 g/mol. The molecule has 0 spiro atoms. The van der Waals surface area contributed by atoms with E-state index in [2.05, 4.69) is 22.6 Å². The van der Waals surface area contributed by atoms with Crippen molar-refractivity contribution >= 4 is 17.7 Å². The zero-order valence-electron chi connectivity index (χ0n) is 24.1. The molecule has 0 bridgehead atoms. The summed E-state index contributed by atoms with van der Waals surface area (Å²) < 4.78 is 17.0. The molecule has 2 fully saturated rings. The fraction of sp³-hybridized carbons (Fsp3) is 0.452. The lowest BCUT2D eigenvalue weighted by Gasteiger charge is -2.36. The smallest absolute Gasteiger partial charge is 0.279 e. The molecule has 218 valence electrons. The Hall–Kier alpha value is -3.75. The SMILES string of the molecule is CNC(=O)C(C)(C(=O)NOC1CCCCO1)N(C)C(=O)c1ccc(C#Cc2ccc([C@H]3COC(C)(C)O3)cc2)cc1. The Kier molecular flexibility index (Phi) is 9.46. The number of carbonyl (C=O) groups excluding carboxylic acids is 3. The molecule has 41 heavy (non-hydrogen) atoms. The zero-order valence-corrected chi connectivity index (χ0v) is 24.1. The first-order valence-corrected chi connectivity index (χ1v) is 13.7. The normalized spacial score (nSPS) is 21.1. The first-order valence-electron chi connectivity index (χ1n) is 13.7. The van der Waals surface area contributed by atoms with E-state index in [0.717, 1.165) is 28.9 Å². The van der Waals surface area contributed by atoms with Gasteiger partial charge in [0.1, 0.15) is 6.10 Å². The third kappa shape index (κ3) is 7.13. The predicted molar refractivity (Wildman–Crippen MR) is 150 cm³/mol. The van der Waals surface area contributed by atoms with E-state index in [4.69, 9.17) is 19.0 Å². The van der Waals surface area contributed by atoms with Crippen molar-refractivity contribution in [2.45, 2.75) is 63.8 Å². The number of nitrogens with one attached hydrogen (secondary N) is 2. The Bertz CT molecular complexity index is 1310. The maximum atomic E-state index is 13.3. The van der Waals surface area contributed by atoms with Crippen molar-refractivity contribution in [3.8, 4) is 11.8 Å². The number of ether oxygens (including phenoxy) is 3. The molecule has 10 nitrogen and oxygen atoms in total. The summed E-state index contributed by atoms with van der Waals surface area (Å²) >= 11 is 0. The summed E-state index contributed by atoms with van der Waals surface area (Å²) in [6.07, 6.45) is 1.74. The Morgan fingerprint density at radius 1 is 1.00 bits per heavy atom. The molecule has 2 N–H and O–H groups in total. The Morgan fingerprint density at radius 3 is 2.17 bits per heavy atom. The van der Waals surface area contributed by atoms with Crippen LogP contribution in [0.1, 0.15) is 73.2 Å². The van der Waals surface area contributed by atoms with E-state index >= 15 is 0 Å². The number of benzene rings is 2. The number of hydrogen-bond acceptors (Lipinski definition) is 7. The highest BCUT2D eigenvalue weighted by molar-refractivity contribution is 6.12. The minimum atomic E-state index is -1.88. The molecule has 2 aromatic rings. The van der Waals surface area contributed by atoms with Gasteiger partial charge >= 0.3 is 0 Å². The van der Waals surface area contributed by atoms with E-state index in [1.54, 1.807) is 24.3 Å². The van der Waals surface area contributed by atoms with Crippen LogP contribution in [0.25, 0.3) is 0 Å². The van der Waals surface area contributed by atoms with Gasteiger partial charge in [-0.1, -0.05) is 24.0 Å². The average molecular weight is 564 g/mol. The molecule has 0 radical (unpaired) electrons. The number of hydrogen-bond donors (Lipinski definition) is 2. The Morgan fingerprint density at radius 2 is 1.63 bits per heavy atom. The summed E-state index contributed by atoms with van der Waals surface area (Å²) in [4.78, 5) is 45.7. The van der Waals surface area contributed by atoms with Crippen LogP contribution in [-0.2, 0) is 28.6 Å². The van der Waals surface area contributed by atoms with Gasteiger partial charge in [-0.25, -0.2) is 10.3 Å². The van der Waals surface area contributed by atoms with Crippen LogP contribution in [0.15, 0.2) is 48.5 Å². The summed E-state index contributed by atoms with van der Waals surface area (Å²) in [6, 6.07) is 14.5. The summed E-state index contributed by atoms with van der Waals surface area (Å²) in [5.74, 6) is 3.66. The molecule has 0 aliphatic carbocycles. The van der Waals surface area contributed by atoms with Crippen LogP contribution in [0, 0.1) is 11.8 Å². The molecule has 10 heteroatoms. The lowest BCUT2D eigenvalue weighted by atomic mass is 9.96. The maximum Gasteiger partial charge on any atom is 0.279 e. The van der Waals surface area contributed by atoms with Crippen molar-refractivity contribution in [2.24, 2.45) is 0 Å². The fourth-order valence-electron chi connectivity index (χ4n) is 4.54. The maximum absolute atomic E-state index is 13.3. The van der Waals surface area contributed by atoms with Crippen LogP contribution in [0.3, 0.4) is 0 Å². The number of nitrogens with zero attached hydrogens (tertiary/aromatic N) is 1. The third-order valence-corrected chi connectivity index (χ3v) is 7.28. The predicted octanol–water partition coefficient (Wildman–Crippen LogP) is 3.06. The zero-order chi connectivity index (χ0) is 29.6. The van der Waals surface area contributed by atoms with Gasteiger partial charge in [-0.3, -0.25) is 14.4 Å². The van der Waals surface area contributed by atoms with Crippen LogP contribution in [0.2, 0.25) is 0 Å². The monoisotopic (exact) mass is 563 g/mol. The average Bonchev–Trinajstić information content (AvgIpc) is 3.37. The van der Waals surface area contributed by atoms with Gasteiger partial charge in [0.2, 0.25) is 0 Å². The molecule has 2 aliphatic heterocycles. The van der Waals surface area contributed by atoms with Crippen LogP contribution in [0.5, 0.6) is 0 Å². The van der Waals surface area contributed by atoms with Crippen molar-refractivity contribution in [3.05, 3.63) is 70.8 Å². The van der Waals surface area contributed by atoms with Crippen molar-refractivity contribution in [1.29, 1.82) is 0 Å². The minimum absolute atomic E-state index is 0.106. The number of hydroxylamine groups is 1. The van der Waals surface area contributed by atoms with Crippen LogP contribution in [0.4, 0.5) is 0 Å². The second-order valence-electron chi connectivity index (χ2n) is 10.6. The summed E-state index contributed by atoms with van der Waals surface area (Å²) in [5.41, 5.74) is 3.29. The lowest BCUT2D eigenvalue weighted by molar-refractivity contribution is -0.204. The van der Waals surface area contributed by atoms with Gasteiger partial charge in [0.05, 0.1) is 6.61 Å². The quantitative estimate of drug-likeness (QED) is 0.302. The van der Waals surface area contributed by atoms with Crippen LogP contribution in [-0.4, -0.2) is 67.5 Å². The van der Waals surface area contributed by atoms with E-state index in [1.165, 1.54) is 21.0 Å². The molecule has 0 aromatic heterocycles. The summed E-state index contributed by atoms with van der Waals surface area (Å²) in [7, 11) is 2.80. The molecule has 2 unspecified atom stereocenters. The Labute approximate surface area is 240 Å². The fourth-order valence-corrected chi connectivity index (χ4v) is 4.54. The molecule has 0 saturated carbocycles. The van der Waals surface area contributed by atoms with Crippen molar-refractivity contribution in [3.63, 3.8) is 0 Å². The van der Waals surface area contributed by atoms with E-state index in [0.29, 0.717) is 30.8 Å². The standard InChI is InChI=1S/C31H37N3O7/c1-30(2)39-20-25(40-30)23-15-11-21(12-16-23)9-10-22-13-17-24(18-14-22)27(35)34(5)31(3,28(36)32-4)29(37)33-41-26-8-6-7-19-38-26/h11-18,25-26H,6-8,19-20H2,1-5H3,(H,32,36)(H,33,37)/t25-,26?,31?/m1/s1. The molecule has 3 amide bonds. The second kappa shape index (κ2) is 12.8. The molecule has 2 heterocycles. The van der Waals surface area contributed by atoms with E-state index in [-0.39, 0.29) is 6.10 Å². The Balaban J connectivity index is 1.41. The first kappa shape index (κ1) is 30.2. The van der Waals surface area contributed by atoms with Gasteiger partial charge in [-0.05, 0) is 75.6 Å². The van der Waals surface area contributed by atoms with Gasteiger partial charge in [-0.2, -0.15) is 0 Å². The largest absolute Gasteiger partial charge is 0.357 e. The number of likely N-dealkylation sites (N-methyl/N-ethyl adjacent to an activating group) is 2. The van der Waals surface area contributed by atoms with E-state index in [1.807, 2.05) is 38.1 Å². The van der Waals surface area contributed by atoms with Crippen LogP contribution < -0.4 is 10.8 Å². The molecule has 3 atom stereocenters. The second-order valence-corrected chi connectivity index (χ2v) is 10.6. The first-order chi connectivity index (χ1) is 19.5.